The second-order valence-corrected chi connectivity index (χ2v) is 11.6. The van der Waals surface area contributed by atoms with Crippen molar-refractivity contribution in [2.45, 2.75) is 20.4 Å². The van der Waals surface area contributed by atoms with Crippen molar-refractivity contribution in [3.63, 3.8) is 0 Å². The van der Waals surface area contributed by atoms with Crippen molar-refractivity contribution in [3.8, 4) is 0 Å². The fourth-order valence-electron chi connectivity index (χ4n) is 2.51. The van der Waals surface area contributed by atoms with Crippen LogP contribution in [0.1, 0.15) is 5.56 Å². The summed E-state index contributed by atoms with van der Waals surface area (Å²) < 4.78 is 48.1. The Hall–Kier alpha value is -3.16. The average molecular weight is 482 g/mol. The summed E-state index contributed by atoms with van der Waals surface area (Å²) in [4.78, 5) is 26.2. The number of non-ortho nitro benzene ring substituents is 1. The van der Waals surface area contributed by atoms with Crippen LogP contribution in [0.25, 0.3) is 0 Å². The molecule has 3 aromatic rings. The molecule has 0 atom stereocenters. The highest BCUT2D eigenvalue weighted by atomic mass is 32.2. The second-order valence-electron chi connectivity index (χ2n) is 6.38. The number of rotatable bonds is 7. The minimum absolute atomic E-state index is 0.0615. The predicted molar refractivity (Wildman–Crippen MR) is 113 cm³/mol. The van der Waals surface area contributed by atoms with Gasteiger partial charge in [-0.15, -0.1) is 0 Å². The number of sulfone groups is 2. The number of carbonyl (C=O) groups is 1. The molecule has 0 aliphatic carbocycles. The van der Waals surface area contributed by atoms with E-state index in [9.17, 15) is 31.7 Å². The van der Waals surface area contributed by atoms with E-state index < -0.39 is 30.5 Å². The lowest BCUT2D eigenvalue weighted by Gasteiger charge is -2.04. The summed E-state index contributed by atoms with van der Waals surface area (Å²) in [6.45, 7) is 0. The molecule has 1 amide bonds. The first-order chi connectivity index (χ1) is 14.5. The summed E-state index contributed by atoms with van der Waals surface area (Å²) in [5.74, 6) is -0.458. The Bertz CT molecular complexity index is 1350. The van der Waals surface area contributed by atoms with Crippen LogP contribution in [0.4, 0.5) is 10.8 Å². The van der Waals surface area contributed by atoms with E-state index in [4.69, 9.17) is 0 Å². The van der Waals surface area contributed by atoms with Gasteiger partial charge in [0.15, 0.2) is 15.0 Å². The number of carbonyl (C=O) groups excluding carboxylic acids is 1. The van der Waals surface area contributed by atoms with Crippen LogP contribution in [0.5, 0.6) is 0 Å². The molecule has 0 aliphatic rings. The third-order valence-corrected chi connectivity index (χ3v) is 8.34. The number of nitrogens with one attached hydrogen (secondary N) is 1. The van der Waals surface area contributed by atoms with Gasteiger partial charge in [-0.1, -0.05) is 23.5 Å². The predicted octanol–water partition coefficient (Wildman–Crippen LogP) is 2.47. The topological polar surface area (TPSA) is 153 Å². The summed E-state index contributed by atoms with van der Waals surface area (Å²) in [6, 6.07) is 10.3. The molecule has 162 valence electrons. The summed E-state index contributed by atoms with van der Waals surface area (Å²) in [5.41, 5.74) is 0.334. The molecule has 0 radical (unpaired) electrons. The molecule has 0 saturated heterocycles. The van der Waals surface area contributed by atoms with Gasteiger partial charge >= 0.3 is 0 Å². The van der Waals surface area contributed by atoms with E-state index in [1.54, 1.807) is 0 Å². The highest BCUT2D eigenvalue weighted by Crippen LogP contribution is 2.29. The monoisotopic (exact) mass is 481 g/mol. The molecule has 1 heterocycles. The maximum atomic E-state index is 12.7. The van der Waals surface area contributed by atoms with Crippen LogP contribution in [0, 0.1) is 10.1 Å². The number of nitro groups is 1. The van der Waals surface area contributed by atoms with Gasteiger partial charge in [0.1, 0.15) is 4.21 Å². The van der Waals surface area contributed by atoms with Gasteiger partial charge < -0.3 is 5.32 Å². The molecule has 0 spiro atoms. The lowest BCUT2D eigenvalue weighted by atomic mass is 10.1. The molecule has 0 unspecified atom stereocenters. The van der Waals surface area contributed by atoms with E-state index in [-0.39, 0.29) is 31.2 Å². The number of anilines is 1. The van der Waals surface area contributed by atoms with Crippen molar-refractivity contribution in [3.05, 3.63) is 70.4 Å². The molecule has 0 fully saturated rings. The number of nitrogens with zero attached hydrogens (tertiary/aromatic N) is 2. The van der Waals surface area contributed by atoms with Crippen molar-refractivity contribution >= 4 is 47.7 Å². The van der Waals surface area contributed by atoms with Gasteiger partial charge in [-0.25, -0.2) is 21.8 Å². The quantitative estimate of drug-likeness (QED) is 0.399. The fourth-order valence-corrected chi connectivity index (χ4v) is 5.59. The normalized spacial score (nSPS) is 11.8. The molecule has 1 N–H and O–H groups in total. The van der Waals surface area contributed by atoms with Crippen molar-refractivity contribution in [2.24, 2.45) is 0 Å². The first-order valence-electron chi connectivity index (χ1n) is 8.51. The molecule has 2 aromatic carbocycles. The summed E-state index contributed by atoms with van der Waals surface area (Å²) in [6.07, 6.45) is 2.12. The van der Waals surface area contributed by atoms with E-state index >= 15 is 0 Å². The molecule has 0 bridgehead atoms. The van der Waals surface area contributed by atoms with Gasteiger partial charge in [0.25, 0.3) is 5.69 Å². The van der Waals surface area contributed by atoms with Gasteiger partial charge in [0.05, 0.1) is 27.3 Å². The zero-order valence-electron chi connectivity index (χ0n) is 15.9. The maximum absolute atomic E-state index is 12.7. The minimum Gasteiger partial charge on any atom is -0.302 e. The molecular formula is C18H15N3O7S3. The highest BCUT2D eigenvalue weighted by molar-refractivity contribution is 7.93. The lowest BCUT2D eigenvalue weighted by Crippen LogP contribution is -2.14. The maximum Gasteiger partial charge on any atom is 0.269 e. The van der Waals surface area contributed by atoms with Gasteiger partial charge in [-0.05, 0) is 29.8 Å². The lowest BCUT2D eigenvalue weighted by molar-refractivity contribution is -0.384. The number of thiazole rings is 1. The van der Waals surface area contributed by atoms with Crippen molar-refractivity contribution in [1.82, 2.24) is 4.98 Å². The fraction of sp³-hybridized carbons (Fsp3) is 0.111. The Kier molecular flexibility index (Phi) is 6.20. The SMILES string of the molecule is CS(=O)(=O)c1ccc(CC(=O)Nc2ncc(S(=O)(=O)c3ccc([N+](=O)[O-])cc3)s2)cc1. The summed E-state index contributed by atoms with van der Waals surface area (Å²) >= 11 is 0.746. The molecule has 1 aromatic heterocycles. The van der Waals surface area contributed by atoms with E-state index in [2.05, 4.69) is 10.3 Å². The van der Waals surface area contributed by atoms with Crippen LogP contribution in [-0.4, -0.2) is 38.9 Å². The largest absolute Gasteiger partial charge is 0.302 e. The van der Waals surface area contributed by atoms with Crippen LogP contribution in [0.15, 0.2) is 68.7 Å². The number of amides is 1. The Balaban J connectivity index is 1.70. The summed E-state index contributed by atoms with van der Waals surface area (Å²) in [7, 11) is -7.29. The second kappa shape index (κ2) is 8.53. The van der Waals surface area contributed by atoms with Crippen LogP contribution < -0.4 is 5.32 Å². The smallest absolute Gasteiger partial charge is 0.269 e. The summed E-state index contributed by atoms with van der Waals surface area (Å²) in [5, 5.41) is 13.3. The molecule has 0 saturated carbocycles. The Morgan fingerprint density at radius 2 is 1.61 bits per heavy atom. The molecule has 31 heavy (non-hydrogen) atoms. The number of nitro benzene ring substituents is 1. The number of aromatic nitrogens is 1. The first-order valence-corrected chi connectivity index (χ1v) is 12.7. The minimum atomic E-state index is -3.95. The number of hydrogen-bond donors (Lipinski definition) is 1. The zero-order chi connectivity index (χ0) is 22.8. The van der Waals surface area contributed by atoms with Gasteiger partial charge in [0.2, 0.25) is 15.7 Å². The standard InChI is InChI=1S/C18H15N3O7S3/c1-30(25,26)14-6-2-12(3-7-14)10-16(22)20-18-19-11-17(29-18)31(27,28)15-8-4-13(5-9-15)21(23)24/h2-9,11H,10H2,1H3,(H,19,20,22). The van der Waals surface area contributed by atoms with Crippen molar-refractivity contribution < 1.29 is 26.6 Å². The molecular weight excluding hydrogens is 466 g/mol. The number of hydrogen-bond acceptors (Lipinski definition) is 9. The van der Waals surface area contributed by atoms with Crippen molar-refractivity contribution in [1.29, 1.82) is 0 Å². The zero-order valence-corrected chi connectivity index (χ0v) is 18.3. The Morgan fingerprint density at radius 1 is 1.03 bits per heavy atom. The molecule has 0 aliphatic heterocycles. The molecule has 10 nitrogen and oxygen atoms in total. The van der Waals surface area contributed by atoms with Crippen LogP contribution in [-0.2, 0) is 30.9 Å². The van der Waals surface area contributed by atoms with E-state index in [1.165, 1.54) is 24.3 Å². The van der Waals surface area contributed by atoms with Crippen LogP contribution in [0.3, 0.4) is 0 Å². The van der Waals surface area contributed by atoms with E-state index in [0.717, 1.165) is 48.1 Å². The number of benzene rings is 2. The van der Waals surface area contributed by atoms with Gasteiger partial charge in [0, 0.05) is 18.4 Å². The van der Waals surface area contributed by atoms with Gasteiger partial charge in [-0.3, -0.25) is 14.9 Å². The highest BCUT2D eigenvalue weighted by Gasteiger charge is 2.22. The average Bonchev–Trinajstić information content (AvgIpc) is 3.17. The third kappa shape index (κ3) is 5.31. The van der Waals surface area contributed by atoms with Crippen LogP contribution in [0.2, 0.25) is 0 Å². The van der Waals surface area contributed by atoms with E-state index in [1.807, 2.05) is 0 Å². The Morgan fingerprint density at radius 3 is 2.16 bits per heavy atom. The third-order valence-electron chi connectivity index (χ3n) is 4.07. The van der Waals surface area contributed by atoms with Crippen LogP contribution >= 0.6 is 11.3 Å². The Labute approximate surface area is 181 Å². The molecule has 13 heteroatoms. The van der Waals surface area contributed by atoms with E-state index in [0.29, 0.717) is 5.56 Å². The molecule has 3 rings (SSSR count). The first kappa shape index (κ1) is 22.5. The van der Waals surface area contributed by atoms with Crippen molar-refractivity contribution in [2.75, 3.05) is 11.6 Å². The van der Waals surface area contributed by atoms with Gasteiger partial charge in [-0.2, -0.15) is 0 Å².